The molecule has 2 fully saturated rings. The molecule has 4 heterocycles. The van der Waals surface area contributed by atoms with Crippen molar-refractivity contribution in [1.82, 2.24) is 14.5 Å². The Morgan fingerprint density at radius 1 is 1.16 bits per heavy atom. The summed E-state index contributed by atoms with van der Waals surface area (Å²) in [6, 6.07) is 3.06. The van der Waals surface area contributed by atoms with Crippen molar-refractivity contribution < 1.29 is 17.9 Å². The van der Waals surface area contributed by atoms with Crippen molar-refractivity contribution in [2.75, 3.05) is 36.1 Å². The van der Waals surface area contributed by atoms with Crippen molar-refractivity contribution >= 4 is 17.5 Å². The largest absolute Gasteiger partial charge is 0.409 e. The predicted molar refractivity (Wildman–Crippen MR) is 109 cm³/mol. The molecular formula is C21H24F3N5O2. The summed E-state index contributed by atoms with van der Waals surface area (Å²) in [6.07, 6.45) is -0.861. The number of pyridine rings is 1. The highest BCUT2D eigenvalue weighted by molar-refractivity contribution is 5.60. The first-order valence-electron chi connectivity index (χ1n) is 10.6. The summed E-state index contributed by atoms with van der Waals surface area (Å²) in [5, 5.41) is 0. The average molecular weight is 435 g/mol. The van der Waals surface area contributed by atoms with Crippen LogP contribution in [-0.4, -0.2) is 53.1 Å². The van der Waals surface area contributed by atoms with E-state index in [1.165, 1.54) is 6.07 Å². The molecule has 7 nitrogen and oxygen atoms in total. The molecule has 5 rings (SSSR count). The predicted octanol–water partition coefficient (Wildman–Crippen LogP) is 3.39. The summed E-state index contributed by atoms with van der Waals surface area (Å²) in [5.74, 6) is 0.866. The van der Waals surface area contributed by atoms with Gasteiger partial charge in [-0.1, -0.05) is 0 Å². The molecule has 2 aromatic rings. The highest BCUT2D eigenvalue weighted by atomic mass is 19.4. The lowest BCUT2D eigenvalue weighted by atomic mass is 10.1. The first kappa shape index (κ1) is 20.3. The molecule has 2 unspecified atom stereocenters. The van der Waals surface area contributed by atoms with Gasteiger partial charge in [-0.25, -0.2) is 0 Å². The number of hydrogen-bond donors (Lipinski definition) is 0. The smallest absolute Gasteiger partial charge is 0.377 e. The number of nitrogens with zero attached hydrogens (tertiary/aromatic N) is 5. The van der Waals surface area contributed by atoms with Crippen LogP contribution >= 0.6 is 0 Å². The Balaban J connectivity index is 1.59. The molecule has 0 bridgehead atoms. The maximum absolute atomic E-state index is 13.8. The summed E-state index contributed by atoms with van der Waals surface area (Å²) in [7, 11) is 0. The quantitative estimate of drug-likeness (QED) is 0.737. The van der Waals surface area contributed by atoms with E-state index >= 15 is 0 Å². The van der Waals surface area contributed by atoms with Gasteiger partial charge < -0.3 is 14.5 Å². The normalized spacial score (nSPS) is 24.3. The molecule has 0 radical (unpaired) electrons. The molecular weight excluding hydrogens is 411 g/mol. The number of halogens is 3. The van der Waals surface area contributed by atoms with Crippen molar-refractivity contribution in [3.05, 3.63) is 40.4 Å². The first-order chi connectivity index (χ1) is 14.8. The minimum absolute atomic E-state index is 0.00994. The van der Waals surface area contributed by atoms with Gasteiger partial charge in [0.25, 0.3) is 5.56 Å². The van der Waals surface area contributed by atoms with Gasteiger partial charge in [0.15, 0.2) is 0 Å². The summed E-state index contributed by atoms with van der Waals surface area (Å²) in [4.78, 5) is 25.6. The van der Waals surface area contributed by atoms with Crippen LogP contribution in [0.5, 0.6) is 0 Å². The molecule has 2 aromatic heterocycles. The molecule has 0 N–H and O–H groups in total. The molecule has 1 saturated carbocycles. The van der Waals surface area contributed by atoms with Crippen LogP contribution in [0, 0.1) is 0 Å². The van der Waals surface area contributed by atoms with Crippen LogP contribution in [-0.2, 0) is 4.74 Å². The fourth-order valence-electron chi connectivity index (χ4n) is 4.38. The zero-order chi connectivity index (χ0) is 21.8. The van der Waals surface area contributed by atoms with E-state index in [2.05, 4.69) is 9.97 Å². The summed E-state index contributed by atoms with van der Waals surface area (Å²) in [5.41, 5.74) is 0.932. The van der Waals surface area contributed by atoms with E-state index < -0.39 is 17.8 Å². The minimum atomic E-state index is -4.53. The second-order valence-electron chi connectivity index (χ2n) is 8.45. The Bertz CT molecular complexity index is 1020. The number of alkyl halides is 3. The van der Waals surface area contributed by atoms with Crippen LogP contribution in [0.3, 0.4) is 0 Å². The molecule has 0 amide bonds. The second-order valence-corrected chi connectivity index (χ2v) is 8.45. The topological polar surface area (TPSA) is 63.5 Å². The number of anilines is 3. The SMILES string of the molecule is CC1COCCN1c1cc(=O)n2c(n1)N(c1ccc(C3CC3)nc1)CCC2C(F)(F)F. The summed E-state index contributed by atoms with van der Waals surface area (Å²) in [6.45, 7) is 3.52. The van der Waals surface area contributed by atoms with Crippen LogP contribution in [0.4, 0.5) is 30.6 Å². The van der Waals surface area contributed by atoms with Gasteiger partial charge in [-0.15, -0.1) is 0 Å². The van der Waals surface area contributed by atoms with Crippen molar-refractivity contribution in [1.29, 1.82) is 0 Å². The van der Waals surface area contributed by atoms with Crippen molar-refractivity contribution in [3.63, 3.8) is 0 Å². The molecule has 2 aliphatic heterocycles. The third-order valence-electron chi connectivity index (χ3n) is 6.22. The van der Waals surface area contributed by atoms with E-state index in [0.29, 0.717) is 37.2 Å². The van der Waals surface area contributed by atoms with E-state index in [4.69, 9.17) is 4.74 Å². The number of morpholine rings is 1. The third-order valence-corrected chi connectivity index (χ3v) is 6.22. The Morgan fingerprint density at radius 2 is 1.97 bits per heavy atom. The van der Waals surface area contributed by atoms with Gasteiger partial charge >= 0.3 is 6.18 Å². The molecule has 0 spiro atoms. The van der Waals surface area contributed by atoms with Gasteiger partial charge in [0.2, 0.25) is 5.95 Å². The maximum atomic E-state index is 13.8. The van der Waals surface area contributed by atoms with Crippen molar-refractivity contribution in [2.24, 2.45) is 0 Å². The number of aromatic nitrogens is 3. The number of ether oxygens (including phenoxy) is 1. The van der Waals surface area contributed by atoms with E-state index in [1.807, 2.05) is 24.0 Å². The minimum Gasteiger partial charge on any atom is -0.377 e. The second kappa shape index (κ2) is 7.51. The molecule has 2 atom stereocenters. The molecule has 10 heteroatoms. The number of hydrogen-bond acceptors (Lipinski definition) is 6. The highest BCUT2D eigenvalue weighted by Gasteiger charge is 2.46. The van der Waals surface area contributed by atoms with Crippen LogP contribution in [0.25, 0.3) is 0 Å². The monoisotopic (exact) mass is 435 g/mol. The molecule has 3 aliphatic rings. The third kappa shape index (κ3) is 3.77. The highest BCUT2D eigenvalue weighted by Crippen LogP contribution is 2.42. The maximum Gasteiger partial charge on any atom is 0.409 e. The lowest BCUT2D eigenvalue weighted by Gasteiger charge is -2.38. The van der Waals surface area contributed by atoms with Crippen LogP contribution in [0.1, 0.15) is 43.8 Å². The average Bonchev–Trinajstić information content (AvgIpc) is 3.58. The van der Waals surface area contributed by atoms with Gasteiger partial charge in [-0.05, 0) is 38.3 Å². The Morgan fingerprint density at radius 3 is 2.61 bits per heavy atom. The Kier molecular flexibility index (Phi) is 4.91. The van der Waals surface area contributed by atoms with Crippen molar-refractivity contribution in [3.8, 4) is 0 Å². The number of rotatable bonds is 3. The van der Waals surface area contributed by atoms with Crippen LogP contribution < -0.4 is 15.4 Å². The lowest BCUT2D eigenvalue weighted by molar-refractivity contribution is -0.170. The molecule has 166 valence electrons. The van der Waals surface area contributed by atoms with Gasteiger partial charge in [0.05, 0.1) is 31.1 Å². The van der Waals surface area contributed by atoms with E-state index in [0.717, 1.165) is 23.1 Å². The zero-order valence-corrected chi connectivity index (χ0v) is 17.2. The lowest BCUT2D eigenvalue weighted by Crippen LogP contribution is -2.47. The first-order valence-corrected chi connectivity index (χ1v) is 10.6. The Hall–Kier alpha value is -2.62. The van der Waals surface area contributed by atoms with Gasteiger partial charge in [0.1, 0.15) is 11.9 Å². The van der Waals surface area contributed by atoms with Crippen LogP contribution in [0.15, 0.2) is 29.2 Å². The zero-order valence-electron chi connectivity index (χ0n) is 17.2. The Labute approximate surface area is 177 Å². The van der Waals surface area contributed by atoms with Crippen LogP contribution in [0.2, 0.25) is 0 Å². The fourth-order valence-corrected chi connectivity index (χ4v) is 4.38. The fraction of sp³-hybridized carbons (Fsp3) is 0.571. The van der Waals surface area contributed by atoms with E-state index in [9.17, 15) is 18.0 Å². The summed E-state index contributed by atoms with van der Waals surface area (Å²) >= 11 is 0. The number of fused-ring (bicyclic) bond motifs is 1. The molecule has 1 aliphatic carbocycles. The molecule has 0 aromatic carbocycles. The van der Waals surface area contributed by atoms with Gasteiger partial charge in [0, 0.05) is 30.8 Å². The van der Waals surface area contributed by atoms with E-state index in [1.54, 1.807) is 11.1 Å². The van der Waals surface area contributed by atoms with Gasteiger partial charge in [-0.2, -0.15) is 18.2 Å². The standard InChI is InChI=1S/C21H24F3N5O2/c1-13-12-31-9-8-27(13)18-10-19(30)29-17(21(22,23)24)6-7-28(20(29)26-18)15-4-5-16(25-11-15)14-2-3-14/h4-5,10-11,13-14,17H,2-3,6-9,12H2,1H3. The van der Waals surface area contributed by atoms with Gasteiger partial charge in [-0.3, -0.25) is 14.3 Å². The van der Waals surface area contributed by atoms with Crippen molar-refractivity contribution in [2.45, 2.75) is 50.4 Å². The molecule has 31 heavy (non-hydrogen) atoms. The van der Waals surface area contributed by atoms with E-state index in [-0.39, 0.29) is 25.0 Å². The summed E-state index contributed by atoms with van der Waals surface area (Å²) < 4.78 is 47.5. The molecule has 1 saturated heterocycles.